The molecule has 1 unspecified atom stereocenters. The highest BCUT2D eigenvalue weighted by Gasteiger charge is 2.82. The molecule has 0 fully saturated rings. The molecule has 2 aliphatic rings. The number of rotatable bonds is 7. The summed E-state index contributed by atoms with van der Waals surface area (Å²) in [6.45, 7) is 5.75. The fraction of sp³-hybridized carbons (Fsp3) is 0.474. The Kier molecular flexibility index (Phi) is 5.87. The predicted octanol–water partition coefficient (Wildman–Crippen LogP) is 2.92. The third kappa shape index (κ3) is 2.92. The van der Waals surface area contributed by atoms with Crippen molar-refractivity contribution < 1.29 is 33.0 Å². The first kappa shape index (κ1) is 21.5. The number of ether oxygens (including phenoxy) is 1. The molecule has 0 radical (unpaired) electrons. The fourth-order valence-electron chi connectivity index (χ4n) is 3.58. The minimum Gasteiger partial charge on any atom is -0.493 e. The van der Waals surface area contributed by atoms with Gasteiger partial charge in [-0.3, -0.25) is 14.5 Å². The van der Waals surface area contributed by atoms with Crippen LogP contribution in [-0.4, -0.2) is 66.0 Å². The van der Waals surface area contributed by atoms with Crippen molar-refractivity contribution in [2.45, 2.75) is 26.1 Å². The highest BCUT2D eigenvalue weighted by molar-refractivity contribution is 7.64. The van der Waals surface area contributed by atoms with Crippen molar-refractivity contribution in [2.24, 2.45) is 0 Å². The first-order valence-corrected chi connectivity index (χ1v) is 11.0. The van der Waals surface area contributed by atoms with Crippen LogP contribution in [0, 0.1) is 0 Å². The van der Waals surface area contributed by atoms with Gasteiger partial charge < -0.3 is 14.7 Å². The number of nitrogens with zero attached hydrogens (tertiary/aromatic N) is 2. The smallest absolute Gasteiger partial charge is 0.476 e. The average molecular weight is 425 g/mol. The molecule has 158 valence electrons. The summed E-state index contributed by atoms with van der Waals surface area (Å²) in [6, 6.07) is 6.57. The van der Waals surface area contributed by atoms with Crippen molar-refractivity contribution in [3.8, 4) is 5.75 Å². The summed E-state index contributed by atoms with van der Waals surface area (Å²) < 4.78 is 24.2. The zero-order valence-electron chi connectivity index (χ0n) is 17.2. The molecular formula is C19H26N2O7P+. The van der Waals surface area contributed by atoms with E-state index in [2.05, 4.69) is 0 Å². The Balaban J connectivity index is 2.39. The summed E-state index contributed by atoms with van der Waals surface area (Å²) in [4.78, 5) is 29.0. The molecule has 1 aromatic rings. The Morgan fingerprint density at radius 2 is 1.55 bits per heavy atom. The number of aliphatic hydroxyl groups excluding tert-OH is 1. The lowest BCUT2D eigenvalue weighted by Crippen LogP contribution is -2.52. The second kappa shape index (κ2) is 7.91. The summed E-state index contributed by atoms with van der Waals surface area (Å²) >= 11 is 0. The van der Waals surface area contributed by atoms with Crippen LogP contribution >= 0.6 is 7.94 Å². The first-order valence-electron chi connectivity index (χ1n) is 9.41. The maximum atomic E-state index is 13.6. The number of aliphatic hydroxyl groups is 1. The van der Waals surface area contributed by atoms with Crippen molar-refractivity contribution >= 4 is 19.8 Å². The van der Waals surface area contributed by atoms with Gasteiger partial charge in [0.05, 0.1) is 25.4 Å². The maximum absolute atomic E-state index is 13.6. The molecule has 0 spiro atoms. The van der Waals surface area contributed by atoms with Crippen LogP contribution in [0.5, 0.6) is 5.75 Å². The molecule has 2 amide bonds. The van der Waals surface area contributed by atoms with Crippen molar-refractivity contribution in [1.29, 1.82) is 0 Å². The molecule has 10 heteroatoms. The van der Waals surface area contributed by atoms with Gasteiger partial charge in [0.1, 0.15) is 5.75 Å². The number of benzene rings is 1. The highest BCUT2D eigenvalue weighted by Crippen LogP contribution is 2.76. The van der Waals surface area contributed by atoms with E-state index in [1.807, 2.05) is 0 Å². The van der Waals surface area contributed by atoms with Crippen LogP contribution in [0.25, 0.3) is 0 Å². The molecule has 0 saturated carbocycles. The Bertz CT molecular complexity index is 842. The molecule has 0 bridgehead atoms. The maximum Gasteiger partial charge on any atom is 0.476 e. The second-order valence-corrected chi connectivity index (χ2v) is 8.79. The topological polar surface area (TPSA) is 97.8 Å². The molecule has 29 heavy (non-hydrogen) atoms. The van der Waals surface area contributed by atoms with E-state index in [1.54, 1.807) is 45.0 Å². The quantitative estimate of drug-likeness (QED) is 0.671. The first-order chi connectivity index (χ1) is 13.8. The Morgan fingerprint density at radius 3 is 2.10 bits per heavy atom. The van der Waals surface area contributed by atoms with Crippen LogP contribution in [0.15, 0.2) is 35.8 Å². The van der Waals surface area contributed by atoms with Crippen molar-refractivity contribution in [1.82, 2.24) is 9.80 Å². The lowest BCUT2D eigenvalue weighted by atomic mass is 10.2. The molecule has 2 heterocycles. The predicted molar refractivity (Wildman–Crippen MR) is 106 cm³/mol. The summed E-state index contributed by atoms with van der Waals surface area (Å²) in [5, 5.41) is 8.86. The molecule has 0 aromatic heterocycles. The third-order valence-electron chi connectivity index (χ3n) is 4.74. The van der Waals surface area contributed by atoms with E-state index in [0.29, 0.717) is 0 Å². The fourth-order valence-corrected chi connectivity index (χ4v) is 6.47. The Hall–Kier alpha value is -2.19. The van der Waals surface area contributed by atoms with Gasteiger partial charge in [-0.05, 0) is 32.9 Å². The molecule has 3 rings (SSSR count). The minimum absolute atomic E-state index is 0.0603. The zero-order valence-corrected chi connectivity index (χ0v) is 18.1. The van der Waals surface area contributed by atoms with E-state index in [-0.39, 0.29) is 36.8 Å². The zero-order chi connectivity index (χ0) is 21.4. The number of carbonyl (C=O) groups excluding carboxylic acids is 2. The van der Waals surface area contributed by atoms with Gasteiger partial charge in [-0.2, -0.15) is 13.6 Å². The van der Waals surface area contributed by atoms with Crippen LogP contribution in [0.4, 0.5) is 0 Å². The molecular weight excluding hydrogens is 399 g/mol. The van der Waals surface area contributed by atoms with Crippen LogP contribution in [0.3, 0.4) is 0 Å². The normalized spacial score (nSPS) is 21.8. The number of hydrogen-bond acceptors (Lipinski definition) is 7. The van der Waals surface area contributed by atoms with Gasteiger partial charge in [-0.25, -0.2) is 0 Å². The molecule has 0 aliphatic carbocycles. The lowest BCUT2D eigenvalue weighted by molar-refractivity contribution is -0.137. The van der Waals surface area contributed by atoms with Crippen molar-refractivity contribution in [3.63, 3.8) is 0 Å². The van der Waals surface area contributed by atoms with Crippen molar-refractivity contribution in [3.05, 3.63) is 41.4 Å². The van der Waals surface area contributed by atoms with Gasteiger partial charge in [-0.15, -0.1) is 0 Å². The number of fused-ring (bicyclic) bond motifs is 2. The number of amides is 2. The second-order valence-electron chi connectivity index (χ2n) is 6.39. The van der Waals surface area contributed by atoms with Crippen LogP contribution in [-0.2, 0) is 18.4 Å². The number of hydrogen-bond donors (Lipinski definition) is 1. The highest BCUT2D eigenvalue weighted by atomic mass is 31.2. The molecule has 9 nitrogen and oxygen atoms in total. The van der Waals surface area contributed by atoms with Gasteiger partial charge >= 0.3 is 19.2 Å². The van der Waals surface area contributed by atoms with E-state index in [4.69, 9.17) is 18.3 Å². The SMILES string of the molecule is CCO[P+](OCC)(OCC)C12Oc3ccccc3C(=O)N(C)C1=C(O)N(C)C2=O. The number of para-hydroxylation sites is 1. The molecule has 0 saturated heterocycles. The minimum atomic E-state index is -3.60. The Labute approximate surface area is 170 Å². The molecule has 1 atom stereocenters. The summed E-state index contributed by atoms with van der Waals surface area (Å²) in [7, 11) is -0.732. The molecule has 1 N–H and O–H groups in total. The van der Waals surface area contributed by atoms with E-state index >= 15 is 0 Å². The van der Waals surface area contributed by atoms with Crippen LogP contribution in [0.2, 0.25) is 0 Å². The monoisotopic (exact) mass is 425 g/mol. The summed E-state index contributed by atoms with van der Waals surface area (Å²) in [6.07, 6.45) is 0. The summed E-state index contributed by atoms with van der Waals surface area (Å²) in [5.41, 5.74) is 0.192. The number of carbonyl (C=O) groups is 2. The lowest BCUT2D eigenvalue weighted by Gasteiger charge is -2.35. The van der Waals surface area contributed by atoms with Crippen molar-refractivity contribution in [2.75, 3.05) is 33.9 Å². The average Bonchev–Trinajstić information content (AvgIpc) is 2.83. The van der Waals surface area contributed by atoms with Crippen LogP contribution in [0.1, 0.15) is 31.1 Å². The van der Waals surface area contributed by atoms with Gasteiger partial charge in [-0.1, -0.05) is 12.1 Å². The standard InChI is InChI=1S/C19H25N2O7P/c1-6-25-29(26-7-2,27-8-3)19-15(17(23)21(5)18(19)24)20(4)16(22)13-11-9-10-12-14(13)28-19/h9-12H,6-8H2,1-5H3/p+1. The van der Waals surface area contributed by atoms with E-state index < -0.39 is 31.0 Å². The summed E-state index contributed by atoms with van der Waals surface area (Å²) in [5.74, 6) is -1.30. The third-order valence-corrected chi connectivity index (χ3v) is 7.80. The largest absolute Gasteiger partial charge is 0.493 e. The van der Waals surface area contributed by atoms with E-state index in [0.717, 1.165) is 4.90 Å². The Morgan fingerprint density at radius 1 is 1.00 bits per heavy atom. The van der Waals surface area contributed by atoms with Gasteiger partial charge in [0, 0.05) is 14.1 Å². The number of likely N-dealkylation sites (N-methyl/N-ethyl adjacent to an activating group) is 2. The van der Waals surface area contributed by atoms with Gasteiger partial charge in [0.25, 0.3) is 5.91 Å². The van der Waals surface area contributed by atoms with E-state index in [9.17, 15) is 14.7 Å². The molecule has 1 aromatic carbocycles. The van der Waals surface area contributed by atoms with Gasteiger partial charge in [0.2, 0.25) is 5.88 Å². The molecule has 2 aliphatic heterocycles. The van der Waals surface area contributed by atoms with Crippen LogP contribution < -0.4 is 4.74 Å². The van der Waals surface area contributed by atoms with Gasteiger partial charge in [0.15, 0.2) is 5.70 Å². The van der Waals surface area contributed by atoms with E-state index in [1.165, 1.54) is 19.0 Å².